The second kappa shape index (κ2) is 3.72. The van der Waals surface area contributed by atoms with E-state index in [0.29, 0.717) is 0 Å². The van der Waals surface area contributed by atoms with Crippen molar-refractivity contribution in [3.05, 3.63) is 0 Å². The molecule has 0 N–H and O–H groups in total. The van der Waals surface area contributed by atoms with Gasteiger partial charge in [0.2, 0.25) is 0 Å². The molecule has 12 heavy (non-hydrogen) atoms. The maximum absolute atomic E-state index is 11.0. The summed E-state index contributed by atoms with van der Waals surface area (Å²) in [6, 6.07) is 0. The van der Waals surface area contributed by atoms with Crippen LogP contribution in [0.2, 0.25) is 0 Å². The molecule has 0 saturated carbocycles. The van der Waals surface area contributed by atoms with Crippen LogP contribution in [0.5, 0.6) is 0 Å². The summed E-state index contributed by atoms with van der Waals surface area (Å²) in [5.74, 6) is 0. The van der Waals surface area contributed by atoms with Crippen LogP contribution in [0.1, 0.15) is 1.43 Å². The third-order valence-electron chi connectivity index (χ3n) is 0.609. The SMILES string of the molecule is O=S(=O)(C(F)(F)F)C(F)(F)F.[H-].[Na+]. The standard InChI is InChI=1S/C2F6O2S.Na.H/c3-1(4,5)11(9,10)2(6,7)8;;/q;+1;-1. The number of hydrogen-bond acceptors (Lipinski definition) is 2. The molecule has 0 aromatic heterocycles. The van der Waals surface area contributed by atoms with Crippen molar-refractivity contribution in [2.24, 2.45) is 0 Å². The van der Waals surface area contributed by atoms with Gasteiger partial charge in [-0.15, -0.1) is 0 Å². The van der Waals surface area contributed by atoms with E-state index in [0.717, 1.165) is 0 Å². The Morgan fingerprint density at radius 3 is 1.00 bits per heavy atom. The molecular weight excluding hydrogens is 225 g/mol. The zero-order valence-electron chi connectivity index (χ0n) is 6.49. The van der Waals surface area contributed by atoms with Crippen molar-refractivity contribution in [2.75, 3.05) is 0 Å². The van der Waals surface area contributed by atoms with Gasteiger partial charge >= 0.3 is 50.4 Å². The Labute approximate surface area is 86.6 Å². The van der Waals surface area contributed by atoms with Crippen molar-refractivity contribution in [1.29, 1.82) is 0 Å². The van der Waals surface area contributed by atoms with E-state index in [1.54, 1.807) is 0 Å². The van der Waals surface area contributed by atoms with E-state index < -0.39 is 20.9 Å². The molecule has 70 valence electrons. The zero-order chi connectivity index (χ0) is 9.50. The van der Waals surface area contributed by atoms with Crippen LogP contribution in [-0.2, 0) is 9.84 Å². The van der Waals surface area contributed by atoms with Gasteiger partial charge in [0, 0.05) is 0 Å². The van der Waals surface area contributed by atoms with Gasteiger partial charge in [-0.3, -0.25) is 0 Å². The van der Waals surface area contributed by atoms with Crippen molar-refractivity contribution in [3.63, 3.8) is 0 Å². The van der Waals surface area contributed by atoms with Gasteiger partial charge in [0.25, 0.3) is 0 Å². The largest absolute Gasteiger partial charge is 1.00 e. The van der Waals surface area contributed by atoms with Crippen molar-refractivity contribution in [2.45, 2.75) is 11.0 Å². The molecule has 10 heteroatoms. The molecule has 0 atom stereocenters. The van der Waals surface area contributed by atoms with E-state index in [-0.39, 0.29) is 31.0 Å². The number of halogens is 6. The third kappa shape index (κ3) is 2.79. The molecule has 0 fully saturated rings. The maximum Gasteiger partial charge on any atom is 1.00 e. The van der Waals surface area contributed by atoms with Gasteiger partial charge < -0.3 is 1.43 Å². The van der Waals surface area contributed by atoms with Gasteiger partial charge in [0.05, 0.1) is 0 Å². The monoisotopic (exact) mass is 226 g/mol. The van der Waals surface area contributed by atoms with E-state index in [4.69, 9.17) is 0 Å². The molecule has 0 aliphatic rings. The fourth-order valence-electron chi connectivity index (χ4n) is 0.131. The summed E-state index contributed by atoms with van der Waals surface area (Å²) in [5, 5.41) is 0. The Kier molecular flexibility index (Phi) is 4.66. The van der Waals surface area contributed by atoms with Crippen molar-refractivity contribution in [3.8, 4) is 0 Å². The van der Waals surface area contributed by atoms with Gasteiger partial charge in [-0.05, 0) is 0 Å². The summed E-state index contributed by atoms with van der Waals surface area (Å²) in [6.07, 6.45) is 0. The van der Waals surface area contributed by atoms with Gasteiger partial charge in [0.15, 0.2) is 0 Å². The number of sulfone groups is 1. The van der Waals surface area contributed by atoms with E-state index in [1.807, 2.05) is 0 Å². The number of alkyl halides is 6. The summed E-state index contributed by atoms with van der Waals surface area (Å²) in [6.45, 7) is 0. The molecule has 0 heterocycles. The first-order valence-electron chi connectivity index (χ1n) is 1.88. The van der Waals surface area contributed by atoms with Crippen LogP contribution < -0.4 is 29.6 Å². The molecular formula is C2HF6NaO2S. The molecule has 0 bridgehead atoms. The minimum atomic E-state index is -7.01. The minimum Gasteiger partial charge on any atom is -1.00 e. The molecule has 0 unspecified atom stereocenters. The Balaban J connectivity index is -0.000000500. The molecule has 0 aromatic rings. The molecule has 0 spiro atoms. The summed E-state index contributed by atoms with van der Waals surface area (Å²) < 4.78 is 85.0. The molecule has 0 saturated heterocycles. The average molecular weight is 226 g/mol. The summed E-state index contributed by atoms with van der Waals surface area (Å²) in [7, 11) is -7.01. The van der Waals surface area contributed by atoms with Crippen molar-refractivity contribution < 1.29 is 65.7 Å². The zero-order valence-corrected chi connectivity index (χ0v) is 8.31. The van der Waals surface area contributed by atoms with Crippen LogP contribution in [0.3, 0.4) is 0 Å². The van der Waals surface area contributed by atoms with E-state index in [1.165, 1.54) is 0 Å². The van der Waals surface area contributed by atoms with E-state index in [2.05, 4.69) is 0 Å². The van der Waals surface area contributed by atoms with Crippen LogP contribution >= 0.6 is 0 Å². The summed E-state index contributed by atoms with van der Waals surface area (Å²) in [5.41, 5.74) is -12.5. The third-order valence-corrected chi connectivity index (χ3v) is 1.83. The molecule has 0 rings (SSSR count). The fourth-order valence-corrected chi connectivity index (χ4v) is 0.394. The number of rotatable bonds is 0. The van der Waals surface area contributed by atoms with Gasteiger partial charge in [-0.2, -0.15) is 26.3 Å². The average Bonchev–Trinajstić information content (AvgIpc) is 1.58. The molecule has 2 nitrogen and oxygen atoms in total. The fraction of sp³-hybridized carbons (Fsp3) is 1.00. The van der Waals surface area contributed by atoms with Crippen molar-refractivity contribution >= 4 is 9.84 Å². The van der Waals surface area contributed by atoms with Crippen LogP contribution in [0.25, 0.3) is 0 Å². The smallest absolute Gasteiger partial charge is 1.00 e. The van der Waals surface area contributed by atoms with Gasteiger partial charge in [0.1, 0.15) is 0 Å². The Morgan fingerprint density at radius 2 is 1.00 bits per heavy atom. The topological polar surface area (TPSA) is 34.1 Å². The van der Waals surface area contributed by atoms with Gasteiger partial charge in [-0.25, -0.2) is 8.42 Å². The Hall–Kier alpha value is 0.530. The molecule has 0 aliphatic heterocycles. The summed E-state index contributed by atoms with van der Waals surface area (Å²) in [4.78, 5) is 0. The van der Waals surface area contributed by atoms with Crippen LogP contribution in [0, 0.1) is 0 Å². The van der Waals surface area contributed by atoms with Crippen molar-refractivity contribution in [1.82, 2.24) is 0 Å². The number of hydrogen-bond donors (Lipinski definition) is 0. The minimum absolute atomic E-state index is 0. The van der Waals surface area contributed by atoms with Gasteiger partial charge in [-0.1, -0.05) is 0 Å². The Bertz CT molecular complexity index is 220. The first-order valence-corrected chi connectivity index (χ1v) is 3.36. The molecule has 0 aromatic carbocycles. The second-order valence-corrected chi connectivity index (χ2v) is 3.33. The normalized spacial score (nSPS) is 13.8. The summed E-state index contributed by atoms with van der Waals surface area (Å²) >= 11 is 0. The predicted molar refractivity (Wildman–Crippen MR) is 22.1 cm³/mol. The molecule has 0 aliphatic carbocycles. The maximum atomic E-state index is 11.0. The predicted octanol–water partition coefficient (Wildman–Crippen LogP) is -1.44. The van der Waals surface area contributed by atoms with E-state index >= 15 is 0 Å². The molecule has 0 radical (unpaired) electrons. The molecule has 0 amide bonds. The first-order chi connectivity index (χ1) is 4.50. The van der Waals surface area contributed by atoms with Crippen LogP contribution in [0.4, 0.5) is 26.3 Å². The van der Waals surface area contributed by atoms with E-state index in [9.17, 15) is 34.8 Å². The Morgan fingerprint density at radius 1 is 0.833 bits per heavy atom. The van der Waals surface area contributed by atoms with Crippen LogP contribution in [0.15, 0.2) is 0 Å². The van der Waals surface area contributed by atoms with Crippen LogP contribution in [-0.4, -0.2) is 19.4 Å². The quantitative estimate of drug-likeness (QED) is 0.374. The second-order valence-electron chi connectivity index (χ2n) is 1.39. The first kappa shape index (κ1) is 15.0.